The number of rotatable bonds is 6. The third kappa shape index (κ3) is 6.82. The molecule has 2 rings (SSSR count). The maximum Gasteiger partial charge on any atom is 0.233 e. The summed E-state index contributed by atoms with van der Waals surface area (Å²) < 4.78 is 0. The first kappa shape index (κ1) is 20.5. The highest BCUT2D eigenvalue weighted by atomic mass is 127. The standard InChI is InChI=1S/C16H31N5O.HI/c1-4-5-12-10-14(12)20-16(18-3)19-13-6-8-21(9-7-13)11-15(22)17-2;/h12-14H,4-11H2,1-3H3,(H,17,22)(H2,18,19,20);1H. The number of hydrogen-bond donors (Lipinski definition) is 3. The Hall–Kier alpha value is -0.570. The summed E-state index contributed by atoms with van der Waals surface area (Å²) in [6.45, 7) is 4.68. The number of carbonyl (C=O) groups excluding carboxylic acids is 1. The fourth-order valence-electron chi connectivity index (χ4n) is 3.17. The molecular formula is C16H32IN5O. The van der Waals surface area contributed by atoms with Gasteiger partial charge in [-0.15, -0.1) is 24.0 Å². The van der Waals surface area contributed by atoms with Crippen LogP contribution >= 0.6 is 24.0 Å². The van der Waals surface area contributed by atoms with E-state index in [0.29, 0.717) is 18.6 Å². The maximum absolute atomic E-state index is 11.4. The van der Waals surface area contributed by atoms with Crippen LogP contribution in [-0.4, -0.2) is 62.6 Å². The molecule has 1 amide bonds. The molecule has 1 aliphatic heterocycles. The zero-order valence-corrected chi connectivity index (χ0v) is 16.9. The van der Waals surface area contributed by atoms with Crippen LogP contribution in [0.25, 0.3) is 0 Å². The van der Waals surface area contributed by atoms with Gasteiger partial charge in [-0.2, -0.15) is 0 Å². The van der Waals surface area contributed by atoms with Gasteiger partial charge in [-0.3, -0.25) is 14.7 Å². The third-order valence-electron chi connectivity index (χ3n) is 4.70. The molecule has 1 heterocycles. The molecule has 6 nitrogen and oxygen atoms in total. The van der Waals surface area contributed by atoms with Gasteiger partial charge >= 0.3 is 0 Å². The fraction of sp³-hybridized carbons (Fsp3) is 0.875. The van der Waals surface area contributed by atoms with E-state index in [2.05, 4.69) is 32.8 Å². The van der Waals surface area contributed by atoms with E-state index in [-0.39, 0.29) is 29.9 Å². The van der Waals surface area contributed by atoms with Gasteiger partial charge in [-0.25, -0.2) is 0 Å². The predicted octanol–water partition coefficient (Wildman–Crippen LogP) is 1.17. The summed E-state index contributed by atoms with van der Waals surface area (Å²) in [5, 5.41) is 9.76. The molecule has 2 unspecified atom stereocenters. The van der Waals surface area contributed by atoms with Crippen molar-refractivity contribution >= 4 is 35.8 Å². The number of hydrogen-bond acceptors (Lipinski definition) is 3. The number of carbonyl (C=O) groups is 1. The van der Waals surface area contributed by atoms with E-state index < -0.39 is 0 Å². The Morgan fingerprint density at radius 3 is 2.52 bits per heavy atom. The van der Waals surface area contributed by atoms with Gasteiger partial charge in [0.25, 0.3) is 0 Å². The number of piperidine rings is 1. The van der Waals surface area contributed by atoms with Crippen LogP contribution in [0.1, 0.15) is 39.0 Å². The Kier molecular flexibility index (Phi) is 9.19. The number of likely N-dealkylation sites (N-methyl/N-ethyl adjacent to an activating group) is 1. The summed E-state index contributed by atoms with van der Waals surface area (Å²) in [4.78, 5) is 18.0. The highest BCUT2D eigenvalue weighted by molar-refractivity contribution is 14.0. The Labute approximate surface area is 157 Å². The lowest BCUT2D eigenvalue weighted by Crippen LogP contribution is -2.50. The van der Waals surface area contributed by atoms with Gasteiger partial charge in [0.1, 0.15) is 0 Å². The minimum absolute atomic E-state index is 0. The van der Waals surface area contributed by atoms with E-state index in [1.165, 1.54) is 19.3 Å². The van der Waals surface area contributed by atoms with Crippen molar-refractivity contribution in [3.05, 3.63) is 0 Å². The monoisotopic (exact) mass is 437 g/mol. The molecule has 0 aromatic heterocycles. The summed E-state index contributed by atoms with van der Waals surface area (Å²) in [6.07, 6.45) is 5.96. The van der Waals surface area contributed by atoms with Crippen LogP contribution in [-0.2, 0) is 4.79 Å². The molecular weight excluding hydrogens is 405 g/mol. The maximum atomic E-state index is 11.4. The number of nitrogens with zero attached hydrogens (tertiary/aromatic N) is 2. The lowest BCUT2D eigenvalue weighted by atomic mass is 10.1. The topological polar surface area (TPSA) is 68.8 Å². The molecule has 2 atom stereocenters. The smallest absolute Gasteiger partial charge is 0.233 e. The summed E-state index contributed by atoms with van der Waals surface area (Å²) in [7, 11) is 3.53. The summed E-state index contributed by atoms with van der Waals surface area (Å²) >= 11 is 0. The number of likely N-dealkylation sites (tertiary alicyclic amines) is 1. The van der Waals surface area contributed by atoms with Crippen molar-refractivity contribution in [2.75, 3.05) is 33.7 Å². The third-order valence-corrected chi connectivity index (χ3v) is 4.70. The van der Waals surface area contributed by atoms with Gasteiger partial charge in [0.05, 0.1) is 6.54 Å². The summed E-state index contributed by atoms with van der Waals surface area (Å²) in [5.74, 6) is 1.87. The first-order valence-corrected chi connectivity index (χ1v) is 8.59. The van der Waals surface area contributed by atoms with E-state index in [1.807, 2.05) is 7.05 Å². The molecule has 0 aromatic carbocycles. The van der Waals surface area contributed by atoms with Crippen molar-refractivity contribution in [3.8, 4) is 0 Å². The van der Waals surface area contributed by atoms with Crippen LogP contribution in [0.2, 0.25) is 0 Å². The Balaban J connectivity index is 0.00000264. The largest absolute Gasteiger partial charge is 0.358 e. The molecule has 3 N–H and O–H groups in total. The van der Waals surface area contributed by atoms with Crippen molar-refractivity contribution in [2.45, 2.75) is 51.1 Å². The number of halogens is 1. The van der Waals surface area contributed by atoms with Crippen LogP contribution in [0, 0.1) is 5.92 Å². The van der Waals surface area contributed by atoms with Crippen molar-refractivity contribution in [1.29, 1.82) is 0 Å². The number of amides is 1. The zero-order valence-electron chi connectivity index (χ0n) is 14.6. The van der Waals surface area contributed by atoms with E-state index in [1.54, 1.807) is 7.05 Å². The lowest BCUT2D eigenvalue weighted by Gasteiger charge is -2.32. The van der Waals surface area contributed by atoms with Crippen LogP contribution < -0.4 is 16.0 Å². The molecule has 0 bridgehead atoms. The highest BCUT2D eigenvalue weighted by Gasteiger charge is 2.36. The molecule has 1 saturated heterocycles. The lowest BCUT2D eigenvalue weighted by molar-refractivity contribution is -0.122. The Morgan fingerprint density at radius 2 is 1.96 bits per heavy atom. The first-order chi connectivity index (χ1) is 10.7. The SMILES string of the molecule is CCCC1CC1NC(=NC)NC1CCN(CC(=O)NC)CC1.I. The molecule has 0 aromatic rings. The van der Waals surface area contributed by atoms with Crippen LogP contribution in [0.15, 0.2) is 4.99 Å². The fourth-order valence-corrected chi connectivity index (χ4v) is 3.17. The van der Waals surface area contributed by atoms with Crippen LogP contribution in [0.3, 0.4) is 0 Å². The van der Waals surface area contributed by atoms with Gasteiger partial charge in [0.15, 0.2) is 5.96 Å². The molecule has 1 aliphatic carbocycles. The van der Waals surface area contributed by atoms with Gasteiger partial charge < -0.3 is 16.0 Å². The van der Waals surface area contributed by atoms with E-state index in [4.69, 9.17) is 0 Å². The van der Waals surface area contributed by atoms with E-state index in [0.717, 1.165) is 37.8 Å². The molecule has 7 heteroatoms. The molecule has 134 valence electrons. The van der Waals surface area contributed by atoms with E-state index in [9.17, 15) is 4.79 Å². The average Bonchev–Trinajstić information content (AvgIpc) is 3.26. The number of guanidine groups is 1. The van der Waals surface area contributed by atoms with Gasteiger partial charge in [0.2, 0.25) is 5.91 Å². The zero-order chi connectivity index (χ0) is 15.9. The molecule has 2 aliphatic rings. The molecule has 1 saturated carbocycles. The quantitative estimate of drug-likeness (QED) is 0.332. The number of nitrogens with one attached hydrogen (secondary N) is 3. The highest BCUT2D eigenvalue weighted by Crippen LogP contribution is 2.34. The van der Waals surface area contributed by atoms with Gasteiger partial charge in [0, 0.05) is 39.3 Å². The molecule has 0 spiro atoms. The predicted molar refractivity (Wildman–Crippen MR) is 105 cm³/mol. The summed E-state index contributed by atoms with van der Waals surface area (Å²) in [5.41, 5.74) is 0. The van der Waals surface area contributed by atoms with Gasteiger partial charge in [-0.1, -0.05) is 13.3 Å². The Bertz CT molecular complexity index is 396. The minimum Gasteiger partial charge on any atom is -0.358 e. The van der Waals surface area contributed by atoms with Crippen molar-refractivity contribution < 1.29 is 4.79 Å². The molecule has 0 radical (unpaired) electrons. The van der Waals surface area contributed by atoms with Crippen molar-refractivity contribution in [3.63, 3.8) is 0 Å². The number of aliphatic imine (C=N–C) groups is 1. The van der Waals surface area contributed by atoms with Crippen molar-refractivity contribution in [1.82, 2.24) is 20.9 Å². The second-order valence-electron chi connectivity index (χ2n) is 6.48. The van der Waals surface area contributed by atoms with Gasteiger partial charge in [-0.05, 0) is 31.6 Å². The minimum atomic E-state index is 0. The van der Waals surface area contributed by atoms with Crippen molar-refractivity contribution in [2.24, 2.45) is 10.9 Å². The van der Waals surface area contributed by atoms with E-state index >= 15 is 0 Å². The normalized spacial score (nSPS) is 25.4. The summed E-state index contributed by atoms with van der Waals surface area (Å²) in [6, 6.07) is 1.06. The second-order valence-corrected chi connectivity index (χ2v) is 6.48. The second kappa shape index (κ2) is 10.3. The van der Waals surface area contributed by atoms with Crippen LogP contribution in [0.4, 0.5) is 0 Å². The Morgan fingerprint density at radius 1 is 1.26 bits per heavy atom. The average molecular weight is 437 g/mol. The first-order valence-electron chi connectivity index (χ1n) is 8.59. The molecule has 23 heavy (non-hydrogen) atoms. The van der Waals surface area contributed by atoms with Crippen LogP contribution in [0.5, 0.6) is 0 Å². The molecule has 2 fully saturated rings.